The second-order valence-corrected chi connectivity index (χ2v) is 4.73. The minimum absolute atomic E-state index is 0.0126. The highest BCUT2D eigenvalue weighted by molar-refractivity contribution is 7.08. The van der Waals surface area contributed by atoms with E-state index >= 15 is 0 Å². The van der Waals surface area contributed by atoms with E-state index in [-0.39, 0.29) is 16.4 Å². The van der Waals surface area contributed by atoms with Gasteiger partial charge in [-0.2, -0.15) is 0 Å². The Balaban J connectivity index is 2.25. The SMILES string of the molecule is Cc1nnsc1C(=O)Nc1ccc(Cl)c([N+](=O)[O-])c1. The van der Waals surface area contributed by atoms with E-state index in [4.69, 9.17) is 11.6 Å². The number of halogens is 1. The van der Waals surface area contributed by atoms with Gasteiger partial charge in [0.05, 0.1) is 10.6 Å². The molecule has 0 saturated heterocycles. The molecule has 0 atom stereocenters. The van der Waals surface area contributed by atoms with Crippen LogP contribution in [-0.4, -0.2) is 20.4 Å². The molecule has 1 N–H and O–H groups in total. The van der Waals surface area contributed by atoms with Gasteiger partial charge in [-0.05, 0) is 30.6 Å². The maximum Gasteiger partial charge on any atom is 0.289 e. The number of amides is 1. The summed E-state index contributed by atoms with van der Waals surface area (Å²) >= 11 is 6.64. The van der Waals surface area contributed by atoms with Crippen molar-refractivity contribution in [2.75, 3.05) is 5.32 Å². The molecule has 0 aliphatic rings. The van der Waals surface area contributed by atoms with Crippen molar-refractivity contribution in [3.8, 4) is 0 Å². The van der Waals surface area contributed by atoms with Gasteiger partial charge in [-0.3, -0.25) is 14.9 Å². The predicted molar refractivity (Wildman–Crippen MR) is 70.7 cm³/mol. The number of aryl methyl sites for hydroxylation is 1. The first-order valence-corrected chi connectivity index (χ1v) is 6.18. The molecule has 1 heterocycles. The number of nitrogens with one attached hydrogen (secondary N) is 1. The van der Waals surface area contributed by atoms with Gasteiger partial charge in [0, 0.05) is 11.8 Å². The minimum atomic E-state index is -0.614. The molecule has 1 amide bonds. The molecule has 9 heteroatoms. The van der Waals surface area contributed by atoms with E-state index in [1.807, 2.05) is 0 Å². The van der Waals surface area contributed by atoms with Crippen molar-refractivity contribution in [3.63, 3.8) is 0 Å². The van der Waals surface area contributed by atoms with Gasteiger partial charge in [-0.25, -0.2) is 0 Å². The summed E-state index contributed by atoms with van der Waals surface area (Å²) in [6, 6.07) is 4.04. The van der Waals surface area contributed by atoms with E-state index in [2.05, 4.69) is 14.9 Å². The Morgan fingerprint density at radius 1 is 1.53 bits per heavy atom. The third kappa shape index (κ3) is 2.85. The van der Waals surface area contributed by atoms with Gasteiger partial charge in [-0.15, -0.1) is 5.10 Å². The van der Waals surface area contributed by atoms with Crippen molar-refractivity contribution in [3.05, 3.63) is 43.9 Å². The number of nitro benzene ring substituents is 1. The molecule has 1 aromatic carbocycles. The first kappa shape index (κ1) is 13.4. The highest BCUT2D eigenvalue weighted by Gasteiger charge is 2.16. The molecular formula is C10H7ClN4O3S. The van der Waals surface area contributed by atoms with Gasteiger partial charge in [0.15, 0.2) is 0 Å². The number of carbonyl (C=O) groups excluding carboxylic acids is 1. The quantitative estimate of drug-likeness (QED) is 0.694. The number of benzene rings is 1. The third-order valence-corrected chi connectivity index (χ3v) is 3.40. The summed E-state index contributed by atoms with van der Waals surface area (Å²) in [4.78, 5) is 22.4. The molecule has 98 valence electrons. The van der Waals surface area contributed by atoms with Crippen molar-refractivity contribution in [2.45, 2.75) is 6.92 Å². The molecule has 0 aliphatic carbocycles. The molecule has 0 bridgehead atoms. The van der Waals surface area contributed by atoms with Gasteiger partial charge in [0.25, 0.3) is 11.6 Å². The Labute approximate surface area is 116 Å². The molecule has 19 heavy (non-hydrogen) atoms. The topological polar surface area (TPSA) is 98.0 Å². The van der Waals surface area contributed by atoms with E-state index in [0.29, 0.717) is 10.6 Å². The molecule has 0 fully saturated rings. The van der Waals surface area contributed by atoms with Gasteiger partial charge in [0.2, 0.25) is 0 Å². The van der Waals surface area contributed by atoms with E-state index in [9.17, 15) is 14.9 Å². The molecule has 0 unspecified atom stereocenters. The molecule has 7 nitrogen and oxygen atoms in total. The Bertz CT molecular complexity index is 658. The number of hydrogen-bond acceptors (Lipinski definition) is 6. The second-order valence-electron chi connectivity index (χ2n) is 3.56. The van der Waals surface area contributed by atoms with Crippen molar-refractivity contribution in [1.29, 1.82) is 0 Å². The third-order valence-electron chi connectivity index (χ3n) is 2.26. The Morgan fingerprint density at radius 2 is 2.26 bits per heavy atom. The van der Waals surface area contributed by atoms with Crippen molar-refractivity contribution < 1.29 is 9.72 Å². The zero-order valence-electron chi connectivity index (χ0n) is 9.58. The summed E-state index contributed by atoms with van der Waals surface area (Å²) in [5, 5.41) is 17.0. The zero-order valence-corrected chi connectivity index (χ0v) is 11.2. The van der Waals surface area contributed by atoms with Crippen LogP contribution in [0.2, 0.25) is 5.02 Å². The largest absolute Gasteiger partial charge is 0.321 e. The van der Waals surface area contributed by atoms with E-state index < -0.39 is 10.8 Å². The molecule has 2 rings (SSSR count). The summed E-state index contributed by atoms with van der Waals surface area (Å²) in [5.74, 6) is -0.413. The van der Waals surface area contributed by atoms with Crippen LogP contribution < -0.4 is 5.32 Å². The average Bonchev–Trinajstić information content (AvgIpc) is 2.77. The molecule has 1 aromatic heterocycles. The highest BCUT2D eigenvalue weighted by atomic mass is 35.5. The van der Waals surface area contributed by atoms with Crippen LogP contribution in [0.15, 0.2) is 18.2 Å². The van der Waals surface area contributed by atoms with Crippen LogP contribution in [0.5, 0.6) is 0 Å². The zero-order chi connectivity index (χ0) is 14.0. The highest BCUT2D eigenvalue weighted by Crippen LogP contribution is 2.27. The Kier molecular flexibility index (Phi) is 3.72. The lowest BCUT2D eigenvalue weighted by atomic mass is 10.2. The number of nitrogens with zero attached hydrogens (tertiary/aromatic N) is 3. The smallest absolute Gasteiger partial charge is 0.289 e. The summed E-state index contributed by atoms with van der Waals surface area (Å²) in [7, 11) is 0. The maximum atomic E-state index is 11.9. The fourth-order valence-corrected chi connectivity index (χ4v) is 2.10. The average molecular weight is 299 g/mol. The summed E-state index contributed by atoms with van der Waals surface area (Å²) in [5.41, 5.74) is 0.526. The minimum Gasteiger partial charge on any atom is -0.321 e. The Hall–Kier alpha value is -2.06. The van der Waals surface area contributed by atoms with Crippen LogP contribution in [0.25, 0.3) is 0 Å². The van der Waals surface area contributed by atoms with E-state index in [1.54, 1.807) is 6.92 Å². The van der Waals surface area contributed by atoms with Gasteiger partial charge in [-0.1, -0.05) is 16.1 Å². The number of aromatic nitrogens is 2. The van der Waals surface area contributed by atoms with E-state index in [0.717, 1.165) is 11.5 Å². The van der Waals surface area contributed by atoms with E-state index in [1.165, 1.54) is 18.2 Å². The lowest BCUT2D eigenvalue weighted by Crippen LogP contribution is -2.11. The van der Waals surface area contributed by atoms with Gasteiger partial charge in [0.1, 0.15) is 9.90 Å². The lowest BCUT2D eigenvalue weighted by Gasteiger charge is -2.04. The number of nitro groups is 1. The number of hydrogen-bond donors (Lipinski definition) is 1. The molecule has 0 radical (unpaired) electrons. The van der Waals surface area contributed by atoms with Crippen LogP contribution in [-0.2, 0) is 0 Å². The summed E-state index contributed by atoms with van der Waals surface area (Å²) in [6.07, 6.45) is 0. The lowest BCUT2D eigenvalue weighted by molar-refractivity contribution is -0.384. The number of rotatable bonds is 3. The second kappa shape index (κ2) is 5.29. The molecule has 0 saturated carbocycles. The summed E-state index contributed by atoms with van der Waals surface area (Å²) < 4.78 is 3.65. The van der Waals surface area contributed by atoms with Gasteiger partial charge < -0.3 is 5.32 Å². The molecule has 2 aromatic rings. The monoisotopic (exact) mass is 298 g/mol. The maximum absolute atomic E-state index is 11.9. The van der Waals surface area contributed by atoms with Crippen LogP contribution in [0, 0.1) is 17.0 Å². The predicted octanol–water partition coefficient (Wildman–Crippen LogP) is 2.66. The first-order chi connectivity index (χ1) is 8.99. The van der Waals surface area contributed by atoms with Gasteiger partial charge >= 0.3 is 0 Å². The first-order valence-electron chi connectivity index (χ1n) is 5.03. The summed E-state index contributed by atoms with van der Waals surface area (Å²) in [6.45, 7) is 1.66. The normalized spacial score (nSPS) is 10.2. The fraction of sp³-hybridized carbons (Fsp3) is 0.100. The molecule has 0 aliphatic heterocycles. The number of anilines is 1. The van der Waals surface area contributed by atoms with Crippen LogP contribution in [0.4, 0.5) is 11.4 Å². The van der Waals surface area contributed by atoms with Crippen molar-refractivity contribution in [2.24, 2.45) is 0 Å². The van der Waals surface area contributed by atoms with Crippen LogP contribution >= 0.6 is 23.1 Å². The Morgan fingerprint density at radius 3 is 2.84 bits per heavy atom. The van der Waals surface area contributed by atoms with Crippen LogP contribution in [0.1, 0.15) is 15.4 Å². The van der Waals surface area contributed by atoms with Crippen molar-refractivity contribution >= 4 is 40.4 Å². The molecular weight excluding hydrogens is 292 g/mol. The van der Waals surface area contributed by atoms with Crippen molar-refractivity contribution in [1.82, 2.24) is 9.59 Å². The fourth-order valence-electron chi connectivity index (χ4n) is 1.36. The standard InChI is InChI=1S/C10H7ClN4O3S/c1-5-9(19-14-13-5)10(16)12-6-2-3-7(11)8(4-6)15(17)18/h2-4H,1H3,(H,12,16). The molecule has 0 spiro atoms. The number of carbonyl (C=O) groups is 1. The van der Waals surface area contributed by atoms with Crippen LogP contribution in [0.3, 0.4) is 0 Å².